The van der Waals surface area contributed by atoms with Gasteiger partial charge in [0.1, 0.15) is 0 Å². The van der Waals surface area contributed by atoms with Crippen LogP contribution in [0.4, 0.5) is 0 Å². The molecule has 0 radical (unpaired) electrons. The number of fused-ring (bicyclic) bond motifs is 12. The Bertz CT molecular complexity index is 3000. The highest BCUT2D eigenvalue weighted by molar-refractivity contribution is 7.26. The summed E-state index contributed by atoms with van der Waals surface area (Å²) in [7, 11) is 0. The van der Waals surface area contributed by atoms with Crippen LogP contribution in [-0.2, 0) is 5.41 Å². The van der Waals surface area contributed by atoms with E-state index in [0.717, 1.165) is 0 Å². The van der Waals surface area contributed by atoms with Crippen LogP contribution >= 0.6 is 11.3 Å². The Morgan fingerprint density at radius 3 is 1.70 bits per heavy atom. The minimum Gasteiger partial charge on any atom is -0.135 e. The van der Waals surface area contributed by atoms with Gasteiger partial charge in [0, 0.05) is 31.0 Å². The standard InChI is InChI=1S/C49H32S/c1-49(2)42-27-26-40-38(24-25-39-32-15-9-10-21-44(32)50-48(39)40)47(42)41-23-22-30(28-43(41)49)45-34-16-5-7-18-36(34)46(37-19-8-6-17-35(37)45)33-20-11-13-29-12-3-4-14-31(29)33/h3-28H,1-2H3. The minimum atomic E-state index is -0.126. The molecule has 0 saturated carbocycles. The molecule has 1 aromatic heterocycles. The van der Waals surface area contributed by atoms with Crippen LogP contribution < -0.4 is 0 Å². The molecule has 11 rings (SSSR count). The van der Waals surface area contributed by atoms with Gasteiger partial charge in [-0.1, -0.05) is 159 Å². The van der Waals surface area contributed by atoms with Gasteiger partial charge in [-0.3, -0.25) is 0 Å². The second kappa shape index (κ2) is 10.1. The van der Waals surface area contributed by atoms with E-state index >= 15 is 0 Å². The van der Waals surface area contributed by atoms with Crippen molar-refractivity contribution < 1.29 is 0 Å². The van der Waals surface area contributed by atoms with Crippen LogP contribution in [0.5, 0.6) is 0 Å². The van der Waals surface area contributed by atoms with E-state index in [2.05, 4.69) is 172 Å². The number of hydrogen-bond acceptors (Lipinski definition) is 1. The van der Waals surface area contributed by atoms with E-state index in [1.165, 1.54) is 108 Å². The lowest BCUT2D eigenvalue weighted by Crippen LogP contribution is -2.15. The van der Waals surface area contributed by atoms with E-state index in [1.54, 1.807) is 0 Å². The molecule has 1 aliphatic carbocycles. The first-order valence-corrected chi connectivity index (χ1v) is 18.3. The van der Waals surface area contributed by atoms with Gasteiger partial charge in [0.2, 0.25) is 0 Å². The van der Waals surface area contributed by atoms with Gasteiger partial charge in [0.25, 0.3) is 0 Å². The fourth-order valence-electron chi connectivity index (χ4n) is 9.15. The molecule has 0 aliphatic heterocycles. The van der Waals surface area contributed by atoms with Crippen molar-refractivity contribution in [1.29, 1.82) is 0 Å². The molecule has 0 bridgehead atoms. The molecule has 0 saturated heterocycles. The highest BCUT2D eigenvalue weighted by Crippen LogP contribution is 2.54. The lowest BCUT2D eigenvalue weighted by molar-refractivity contribution is 0.661. The highest BCUT2D eigenvalue weighted by atomic mass is 32.1. The van der Waals surface area contributed by atoms with E-state index in [9.17, 15) is 0 Å². The van der Waals surface area contributed by atoms with Crippen molar-refractivity contribution >= 4 is 74.6 Å². The maximum absolute atomic E-state index is 2.50. The zero-order valence-corrected chi connectivity index (χ0v) is 28.7. The summed E-state index contributed by atoms with van der Waals surface area (Å²) in [5, 5.41) is 13.1. The maximum atomic E-state index is 2.50. The Kier molecular flexibility index (Phi) is 5.70. The zero-order chi connectivity index (χ0) is 33.1. The predicted molar refractivity (Wildman–Crippen MR) is 218 cm³/mol. The molecule has 1 heterocycles. The SMILES string of the molecule is CC1(C)c2cc(-c3c4ccccc4c(-c4cccc5ccccc45)c4ccccc34)ccc2-c2c1ccc1c2ccc2c3ccccc3sc12. The van der Waals surface area contributed by atoms with Gasteiger partial charge >= 0.3 is 0 Å². The molecular formula is C49H32S. The normalized spacial score (nSPS) is 13.6. The second-order valence-corrected chi connectivity index (χ2v) is 15.4. The summed E-state index contributed by atoms with van der Waals surface area (Å²) in [4.78, 5) is 0. The Morgan fingerprint density at radius 1 is 0.380 bits per heavy atom. The van der Waals surface area contributed by atoms with E-state index < -0.39 is 0 Å². The van der Waals surface area contributed by atoms with Gasteiger partial charge in [-0.2, -0.15) is 0 Å². The topological polar surface area (TPSA) is 0 Å². The van der Waals surface area contributed by atoms with Gasteiger partial charge in [-0.25, -0.2) is 0 Å². The molecule has 1 aliphatic rings. The summed E-state index contributed by atoms with van der Waals surface area (Å²) in [6, 6.07) is 59.2. The number of hydrogen-bond donors (Lipinski definition) is 0. The van der Waals surface area contributed by atoms with Crippen LogP contribution in [0.1, 0.15) is 25.0 Å². The second-order valence-electron chi connectivity index (χ2n) is 14.4. The van der Waals surface area contributed by atoms with Gasteiger partial charge in [-0.05, 0) is 94.3 Å². The fourth-order valence-corrected chi connectivity index (χ4v) is 10.4. The molecule has 10 aromatic rings. The van der Waals surface area contributed by atoms with Crippen LogP contribution in [0, 0.1) is 0 Å². The summed E-state index contributed by atoms with van der Waals surface area (Å²) in [5.41, 5.74) is 10.6. The molecule has 0 unspecified atom stereocenters. The number of benzene rings is 9. The summed E-state index contributed by atoms with van der Waals surface area (Å²) < 4.78 is 2.74. The first-order valence-electron chi connectivity index (χ1n) is 17.5. The highest BCUT2D eigenvalue weighted by Gasteiger charge is 2.37. The predicted octanol–water partition coefficient (Wildman–Crippen LogP) is 14.3. The van der Waals surface area contributed by atoms with E-state index in [0.29, 0.717) is 0 Å². The lowest BCUT2D eigenvalue weighted by atomic mass is 9.80. The molecular weight excluding hydrogens is 621 g/mol. The molecule has 0 amide bonds. The van der Waals surface area contributed by atoms with Crippen molar-refractivity contribution in [1.82, 2.24) is 0 Å². The molecule has 0 atom stereocenters. The van der Waals surface area contributed by atoms with Crippen LogP contribution in [0.2, 0.25) is 0 Å². The van der Waals surface area contributed by atoms with Gasteiger partial charge in [-0.15, -0.1) is 11.3 Å². The van der Waals surface area contributed by atoms with Crippen LogP contribution in [0.15, 0.2) is 158 Å². The average molecular weight is 653 g/mol. The number of rotatable bonds is 2. The van der Waals surface area contributed by atoms with Crippen molar-refractivity contribution in [2.45, 2.75) is 19.3 Å². The van der Waals surface area contributed by atoms with Crippen molar-refractivity contribution in [2.75, 3.05) is 0 Å². The van der Waals surface area contributed by atoms with Gasteiger partial charge < -0.3 is 0 Å². The van der Waals surface area contributed by atoms with Crippen LogP contribution in [0.3, 0.4) is 0 Å². The third kappa shape index (κ3) is 3.71. The van der Waals surface area contributed by atoms with Crippen molar-refractivity contribution in [3.63, 3.8) is 0 Å². The third-order valence-corrected chi connectivity index (χ3v) is 12.7. The summed E-state index contributed by atoms with van der Waals surface area (Å²) in [6.45, 7) is 4.82. The fraction of sp³-hybridized carbons (Fsp3) is 0.0612. The summed E-state index contributed by atoms with van der Waals surface area (Å²) >= 11 is 1.92. The molecule has 0 fully saturated rings. The quantitative estimate of drug-likeness (QED) is 0.163. The maximum Gasteiger partial charge on any atom is 0.0434 e. The van der Waals surface area contributed by atoms with Crippen molar-refractivity contribution in [3.8, 4) is 33.4 Å². The van der Waals surface area contributed by atoms with Crippen molar-refractivity contribution in [2.24, 2.45) is 0 Å². The lowest BCUT2D eigenvalue weighted by Gasteiger charge is -2.23. The Balaban J connectivity index is 1.17. The average Bonchev–Trinajstić information content (AvgIpc) is 3.65. The number of thiophene rings is 1. The third-order valence-electron chi connectivity index (χ3n) is 11.5. The van der Waals surface area contributed by atoms with Gasteiger partial charge in [0.15, 0.2) is 0 Å². The smallest absolute Gasteiger partial charge is 0.0434 e. The first kappa shape index (κ1) is 28.1. The summed E-state index contributed by atoms with van der Waals surface area (Å²) in [6.07, 6.45) is 0. The Labute approximate surface area is 294 Å². The molecule has 9 aromatic carbocycles. The molecule has 0 N–H and O–H groups in total. The minimum absolute atomic E-state index is 0.126. The summed E-state index contributed by atoms with van der Waals surface area (Å²) in [5.74, 6) is 0. The van der Waals surface area contributed by atoms with Crippen LogP contribution in [0.25, 0.3) is 96.6 Å². The zero-order valence-electron chi connectivity index (χ0n) is 27.9. The van der Waals surface area contributed by atoms with E-state index in [4.69, 9.17) is 0 Å². The Hall–Kier alpha value is -5.76. The van der Waals surface area contributed by atoms with E-state index in [1.807, 2.05) is 11.3 Å². The van der Waals surface area contributed by atoms with Crippen molar-refractivity contribution in [3.05, 3.63) is 169 Å². The molecule has 0 nitrogen and oxygen atoms in total. The monoisotopic (exact) mass is 652 g/mol. The van der Waals surface area contributed by atoms with E-state index in [-0.39, 0.29) is 5.41 Å². The largest absolute Gasteiger partial charge is 0.135 e. The first-order chi connectivity index (χ1) is 24.6. The molecule has 1 heteroatoms. The molecule has 50 heavy (non-hydrogen) atoms. The van der Waals surface area contributed by atoms with Crippen LogP contribution in [-0.4, -0.2) is 0 Å². The Morgan fingerprint density at radius 2 is 0.940 bits per heavy atom. The molecule has 0 spiro atoms. The van der Waals surface area contributed by atoms with Gasteiger partial charge in [0.05, 0.1) is 0 Å². The molecule has 234 valence electrons.